The van der Waals surface area contributed by atoms with Crippen LogP contribution in [0.2, 0.25) is 0 Å². The lowest BCUT2D eigenvalue weighted by Gasteiger charge is -2.19. The lowest BCUT2D eigenvalue weighted by molar-refractivity contribution is 0.264. The van der Waals surface area contributed by atoms with Gasteiger partial charge < -0.3 is 4.90 Å². The minimum absolute atomic E-state index is 0.761. The van der Waals surface area contributed by atoms with E-state index in [1.165, 1.54) is 25.9 Å². The van der Waals surface area contributed by atoms with Gasteiger partial charge in [-0.3, -0.25) is 0 Å². The maximum absolute atomic E-state index is 2.58. The molecule has 0 radical (unpaired) electrons. The van der Waals surface area contributed by atoms with Gasteiger partial charge in [0.15, 0.2) is 0 Å². The molecule has 1 heteroatoms. The van der Waals surface area contributed by atoms with Crippen LogP contribution in [0.25, 0.3) is 0 Å². The van der Waals surface area contributed by atoms with Crippen LogP contribution >= 0.6 is 0 Å². The Morgan fingerprint density at radius 1 is 1.50 bits per heavy atom. The third kappa shape index (κ3) is 1.72. The molecule has 0 amide bonds. The first kappa shape index (κ1) is 8.06. The summed E-state index contributed by atoms with van der Waals surface area (Å²) in [5, 5.41) is 0. The molecule has 0 bridgehead atoms. The molecule has 1 aliphatic heterocycles. The van der Waals surface area contributed by atoms with E-state index in [0.29, 0.717) is 0 Å². The van der Waals surface area contributed by atoms with Crippen molar-refractivity contribution in [3.8, 4) is 0 Å². The zero-order valence-corrected chi connectivity index (χ0v) is 7.43. The van der Waals surface area contributed by atoms with Gasteiger partial charge in [-0.15, -0.1) is 0 Å². The van der Waals surface area contributed by atoms with Crippen LogP contribution < -0.4 is 0 Å². The molecule has 1 rings (SSSR count). The van der Waals surface area contributed by atoms with E-state index < -0.39 is 0 Å². The second kappa shape index (κ2) is 3.38. The second-order valence-electron chi connectivity index (χ2n) is 3.65. The zero-order chi connectivity index (χ0) is 7.56. The van der Waals surface area contributed by atoms with Crippen molar-refractivity contribution in [3.05, 3.63) is 0 Å². The molecule has 0 aliphatic carbocycles. The van der Waals surface area contributed by atoms with Gasteiger partial charge in [-0.05, 0) is 32.7 Å². The Kier molecular flexibility index (Phi) is 2.72. The molecule has 0 saturated carbocycles. The number of nitrogens with zero attached hydrogens (tertiary/aromatic N) is 1. The quantitative estimate of drug-likeness (QED) is 0.569. The maximum Gasteiger partial charge on any atom is 0.00387 e. The van der Waals surface area contributed by atoms with E-state index in [1.807, 2.05) is 0 Å². The van der Waals surface area contributed by atoms with E-state index in [0.717, 1.165) is 12.0 Å². The molecule has 0 N–H and O–H groups in total. The van der Waals surface area contributed by atoms with Gasteiger partial charge in [0.05, 0.1) is 0 Å². The SMILES string of the molecule is CC[C@@H]1CCN(C(C)C)C1. The second-order valence-corrected chi connectivity index (χ2v) is 3.65. The highest BCUT2D eigenvalue weighted by Crippen LogP contribution is 2.20. The van der Waals surface area contributed by atoms with Gasteiger partial charge in [0, 0.05) is 12.6 Å². The molecular formula is C9H19N. The van der Waals surface area contributed by atoms with Gasteiger partial charge >= 0.3 is 0 Å². The summed E-state index contributed by atoms with van der Waals surface area (Å²) in [7, 11) is 0. The van der Waals surface area contributed by atoms with Crippen molar-refractivity contribution in [2.75, 3.05) is 13.1 Å². The predicted octanol–water partition coefficient (Wildman–Crippen LogP) is 2.13. The van der Waals surface area contributed by atoms with Crippen LogP contribution in [-0.2, 0) is 0 Å². The summed E-state index contributed by atoms with van der Waals surface area (Å²) in [6.07, 6.45) is 2.79. The molecule has 1 saturated heterocycles. The Morgan fingerprint density at radius 3 is 2.50 bits per heavy atom. The van der Waals surface area contributed by atoms with E-state index in [2.05, 4.69) is 25.7 Å². The van der Waals surface area contributed by atoms with Crippen LogP contribution in [0, 0.1) is 5.92 Å². The van der Waals surface area contributed by atoms with Gasteiger partial charge in [0.1, 0.15) is 0 Å². The molecular weight excluding hydrogens is 122 g/mol. The monoisotopic (exact) mass is 141 g/mol. The Morgan fingerprint density at radius 2 is 2.20 bits per heavy atom. The molecule has 60 valence electrons. The molecule has 1 nitrogen and oxygen atoms in total. The summed E-state index contributed by atoms with van der Waals surface area (Å²) in [4.78, 5) is 2.58. The molecule has 0 aromatic carbocycles. The fourth-order valence-corrected chi connectivity index (χ4v) is 1.66. The predicted molar refractivity (Wildman–Crippen MR) is 45.1 cm³/mol. The number of hydrogen-bond donors (Lipinski definition) is 0. The fraction of sp³-hybridized carbons (Fsp3) is 1.00. The summed E-state index contributed by atoms with van der Waals surface area (Å²) in [5.74, 6) is 0.988. The van der Waals surface area contributed by atoms with Gasteiger partial charge in [0.2, 0.25) is 0 Å². The average molecular weight is 141 g/mol. The van der Waals surface area contributed by atoms with Gasteiger partial charge in [-0.2, -0.15) is 0 Å². The first-order valence-corrected chi connectivity index (χ1v) is 4.48. The normalized spacial score (nSPS) is 28.2. The number of rotatable bonds is 2. The summed E-state index contributed by atoms with van der Waals surface area (Å²) in [5.41, 5.74) is 0. The van der Waals surface area contributed by atoms with E-state index in [-0.39, 0.29) is 0 Å². The van der Waals surface area contributed by atoms with Crippen molar-refractivity contribution in [3.63, 3.8) is 0 Å². The Bertz CT molecular complexity index is 98.9. The minimum atomic E-state index is 0.761. The Labute approximate surface area is 64.4 Å². The van der Waals surface area contributed by atoms with Crippen LogP contribution in [0.15, 0.2) is 0 Å². The summed E-state index contributed by atoms with van der Waals surface area (Å²) >= 11 is 0. The van der Waals surface area contributed by atoms with Gasteiger partial charge in [-0.1, -0.05) is 13.3 Å². The number of hydrogen-bond acceptors (Lipinski definition) is 1. The minimum Gasteiger partial charge on any atom is -0.301 e. The van der Waals surface area contributed by atoms with E-state index in [1.54, 1.807) is 0 Å². The molecule has 1 heterocycles. The van der Waals surface area contributed by atoms with Crippen LogP contribution in [0.4, 0.5) is 0 Å². The largest absolute Gasteiger partial charge is 0.301 e. The highest BCUT2D eigenvalue weighted by atomic mass is 15.2. The molecule has 1 aliphatic rings. The van der Waals surface area contributed by atoms with E-state index >= 15 is 0 Å². The molecule has 0 spiro atoms. The molecule has 1 atom stereocenters. The van der Waals surface area contributed by atoms with Crippen molar-refractivity contribution in [2.45, 2.75) is 39.7 Å². The zero-order valence-electron chi connectivity index (χ0n) is 7.43. The topological polar surface area (TPSA) is 3.24 Å². The highest BCUT2D eigenvalue weighted by molar-refractivity contribution is 4.76. The van der Waals surface area contributed by atoms with E-state index in [9.17, 15) is 0 Å². The average Bonchev–Trinajstić information content (AvgIpc) is 2.34. The van der Waals surface area contributed by atoms with Crippen molar-refractivity contribution in [1.29, 1.82) is 0 Å². The lowest BCUT2D eigenvalue weighted by atomic mass is 10.1. The fourth-order valence-electron chi connectivity index (χ4n) is 1.66. The van der Waals surface area contributed by atoms with Crippen molar-refractivity contribution >= 4 is 0 Å². The van der Waals surface area contributed by atoms with Gasteiger partial charge in [-0.25, -0.2) is 0 Å². The van der Waals surface area contributed by atoms with E-state index in [4.69, 9.17) is 0 Å². The van der Waals surface area contributed by atoms with Crippen molar-refractivity contribution in [1.82, 2.24) is 4.90 Å². The lowest BCUT2D eigenvalue weighted by Crippen LogP contribution is -2.28. The smallest absolute Gasteiger partial charge is 0.00387 e. The third-order valence-corrected chi connectivity index (χ3v) is 2.62. The van der Waals surface area contributed by atoms with Crippen molar-refractivity contribution < 1.29 is 0 Å². The summed E-state index contributed by atoms with van der Waals surface area (Å²) in [6.45, 7) is 9.55. The molecule has 10 heavy (non-hydrogen) atoms. The maximum atomic E-state index is 2.58. The molecule has 0 aromatic rings. The van der Waals surface area contributed by atoms with Gasteiger partial charge in [0.25, 0.3) is 0 Å². The first-order chi connectivity index (χ1) is 4.74. The molecule has 0 unspecified atom stereocenters. The molecule has 0 aromatic heterocycles. The van der Waals surface area contributed by atoms with Crippen LogP contribution in [0.3, 0.4) is 0 Å². The Hall–Kier alpha value is -0.0400. The summed E-state index contributed by atoms with van der Waals surface area (Å²) < 4.78 is 0. The number of likely N-dealkylation sites (tertiary alicyclic amines) is 1. The van der Waals surface area contributed by atoms with Crippen molar-refractivity contribution in [2.24, 2.45) is 5.92 Å². The third-order valence-electron chi connectivity index (χ3n) is 2.62. The van der Waals surface area contributed by atoms with Crippen LogP contribution in [0.5, 0.6) is 0 Å². The molecule has 1 fully saturated rings. The van der Waals surface area contributed by atoms with Crippen LogP contribution in [-0.4, -0.2) is 24.0 Å². The highest BCUT2D eigenvalue weighted by Gasteiger charge is 2.21. The standard InChI is InChI=1S/C9H19N/c1-4-9-5-6-10(7-9)8(2)3/h8-9H,4-7H2,1-3H3/t9-/m1/s1. The Balaban J connectivity index is 2.28. The first-order valence-electron chi connectivity index (χ1n) is 4.48. The van der Waals surface area contributed by atoms with Crippen LogP contribution in [0.1, 0.15) is 33.6 Å². The summed E-state index contributed by atoms with van der Waals surface area (Å²) in [6, 6.07) is 0.761.